The molecule has 3 heterocycles. The molecule has 0 radical (unpaired) electrons. The van der Waals surface area contributed by atoms with Gasteiger partial charge in [-0.15, -0.1) is 0 Å². The van der Waals surface area contributed by atoms with Crippen molar-refractivity contribution >= 4 is 16.7 Å². The molecule has 0 spiro atoms. The van der Waals surface area contributed by atoms with E-state index in [0.717, 1.165) is 17.0 Å². The quantitative estimate of drug-likeness (QED) is 0.560. The van der Waals surface area contributed by atoms with Crippen molar-refractivity contribution < 1.29 is 5.11 Å². The first kappa shape index (κ1) is 17.7. The molecule has 8 heteroatoms. The van der Waals surface area contributed by atoms with Gasteiger partial charge in [-0.1, -0.05) is 0 Å². The average Bonchev–Trinajstić information content (AvgIpc) is 2.69. The van der Waals surface area contributed by atoms with Crippen LogP contribution < -0.4 is 5.32 Å². The monoisotopic (exact) mass is 373 g/mol. The van der Waals surface area contributed by atoms with E-state index >= 15 is 0 Å². The SMILES string of the molecule is Cc1cnc(-c2cc(O)c3ncnc(NC(C)c4ccc(C)nn4)c3c2)nc1. The third-order valence-electron chi connectivity index (χ3n) is 4.37. The van der Waals surface area contributed by atoms with Crippen LogP contribution in [0, 0.1) is 13.8 Å². The van der Waals surface area contributed by atoms with Gasteiger partial charge in [-0.05, 0) is 50.6 Å². The Morgan fingerprint density at radius 1 is 0.964 bits per heavy atom. The highest BCUT2D eigenvalue weighted by Crippen LogP contribution is 2.33. The van der Waals surface area contributed by atoms with Crippen LogP contribution in [0.1, 0.15) is 29.9 Å². The number of aryl methyl sites for hydroxylation is 2. The van der Waals surface area contributed by atoms with Crippen LogP contribution >= 0.6 is 0 Å². The lowest BCUT2D eigenvalue weighted by molar-refractivity contribution is 0.480. The van der Waals surface area contributed by atoms with Gasteiger partial charge in [0.05, 0.1) is 17.4 Å². The fourth-order valence-electron chi connectivity index (χ4n) is 2.85. The van der Waals surface area contributed by atoms with Crippen LogP contribution in [0.5, 0.6) is 5.75 Å². The maximum Gasteiger partial charge on any atom is 0.159 e. The summed E-state index contributed by atoms with van der Waals surface area (Å²) >= 11 is 0. The summed E-state index contributed by atoms with van der Waals surface area (Å²) in [6.07, 6.45) is 4.89. The van der Waals surface area contributed by atoms with E-state index in [4.69, 9.17) is 0 Å². The zero-order valence-corrected chi connectivity index (χ0v) is 15.7. The van der Waals surface area contributed by atoms with Gasteiger partial charge in [0.25, 0.3) is 0 Å². The van der Waals surface area contributed by atoms with Crippen LogP contribution in [-0.2, 0) is 0 Å². The van der Waals surface area contributed by atoms with Crippen molar-refractivity contribution in [2.24, 2.45) is 0 Å². The molecule has 1 unspecified atom stereocenters. The van der Waals surface area contributed by atoms with Crippen LogP contribution in [0.4, 0.5) is 5.82 Å². The Balaban J connectivity index is 1.76. The number of aromatic nitrogens is 6. The molecule has 3 aromatic heterocycles. The largest absolute Gasteiger partial charge is 0.506 e. The second-order valence-electron chi connectivity index (χ2n) is 6.66. The third-order valence-corrected chi connectivity index (χ3v) is 4.37. The van der Waals surface area contributed by atoms with Gasteiger partial charge in [0.15, 0.2) is 5.82 Å². The zero-order chi connectivity index (χ0) is 19.7. The second-order valence-corrected chi connectivity index (χ2v) is 6.66. The predicted molar refractivity (Wildman–Crippen MR) is 106 cm³/mol. The number of phenolic OH excluding ortho intramolecular Hbond substituents is 1. The van der Waals surface area contributed by atoms with Gasteiger partial charge < -0.3 is 10.4 Å². The molecular formula is C20H19N7O. The normalized spacial score (nSPS) is 12.1. The lowest BCUT2D eigenvalue weighted by Gasteiger charge is -2.15. The summed E-state index contributed by atoms with van der Waals surface area (Å²) in [5.41, 5.74) is 3.75. The maximum atomic E-state index is 10.5. The van der Waals surface area contributed by atoms with Crippen molar-refractivity contribution in [3.8, 4) is 17.1 Å². The zero-order valence-electron chi connectivity index (χ0n) is 15.7. The van der Waals surface area contributed by atoms with Crippen molar-refractivity contribution in [2.75, 3.05) is 5.32 Å². The van der Waals surface area contributed by atoms with Crippen molar-refractivity contribution in [2.45, 2.75) is 26.8 Å². The van der Waals surface area contributed by atoms with Crippen LogP contribution in [0.15, 0.2) is 43.0 Å². The lowest BCUT2D eigenvalue weighted by atomic mass is 10.1. The topological polar surface area (TPSA) is 110 Å². The highest BCUT2D eigenvalue weighted by Gasteiger charge is 2.15. The Morgan fingerprint density at radius 2 is 1.75 bits per heavy atom. The number of nitrogens with one attached hydrogen (secondary N) is 1. The fraction of sp³-hybridized carbons (Fsp3) is 0.200. The molecule has 0 amide bonds. The first-order valence-corrected chi connectivity index (χ1v) is 8.85. The minimum atomic E-state index is -0.132. The molecule has 0 aliphatic carbocycles. The molecule has 0 saturated carbocycles. The van der Waals surface area contributed by atoms with Crippen LogP contribution in [-0.4, -0.2) is 35.2 Å². The minimum absolute atomic E-state index is 0.0462. The Morgan fingerprint density at radius 3 is 2.46 bits per heavy atom. The summed E-state index contributed by atoms with van der Waals surface area (Å²) < 4.78 is 0. The molecule has 140 valence electrons. The molecule has 0 aliphatic heterocycles. The van der Waals surface area contributed by atoms with E-state index in [2.05, 4.69) is 35.5 Å². The summed E-state index contributed by atoms with van der Waals surface area (Å²) in [5, 5.41) is 22.8. The number of phenols is 1. The van der Waals surface area contributed by atoms with E-state index in [1.165, 1.54) is 6.33 Å². The molecular weight excluding hydrogens is 354 g/mol. The number of hydrogen-bond acceptors (Lipinski definition) is 8. The van der Waals surface area contributed by atoms with E-state index < -0.39 is 0 Å². The number of nitrogens with zero attached hydrogens (tertiary/aromatic N) is 6. The highest BCUT2D eigenvalue weighted by molar-refractivity contribution is 5.95. The Hall–Kier alpha value is -3.68. The minimum Gasteiger partial charge on any atom is -0.506 e. The summed E-state index contributed by atoms with van der Waals surface area (Å²) in [6.45, 7) is 5.79. The number of anilines is 1. The number of benzene rings is 1. The molecule has 4 aromatic rings. The molecule has 2 N–H and O–H groups in total. The average molecular weight is 373 g/mol. The van der Waals surface area contributed by atoms with Gasteiger partial charge in [0.1, 0.15) is 23.4 Å². The Labute approximate surface area is 161 Å². The standard InChI is InChI=1S/C20H19N7O/c1-11-8-21-19(22-9-11)14-6-15-18(17(28)7-14)23-10-24-20(15)25-13(3)16-5-4-12(2)26-27-16/h4-10,13,28H,1-3H3,(H,23,24,25). The fourth-order valence-corrected chi connectivity index (χ4v) is 2.85. The first-order chi connectivity index (χ1) is 13.5. The van der Waals surface area contributed by atoms with E-state index in [9.17, 15) is 5.11 Å². The molecule has 0 bridgehead atoms. The smallest absolute Gasteiger partial charge is 0.159 e. The van der Waals surface area contributed by atoms with Crippen molar-refractivity contribution in [1.82, 2.24) is 30.1 Å². The molecule has 8 nitrogen and oxygen atoms in total. The lowest BCUT2D eigenvalue weighted by Crippen LogP contribution is -2.11. The summed E-state index contributed by atoms with van der Waals surface area (Å²) in [4.78, 5) is 17.3. The van der Waals surface area contributed by atoms with Crippen LogP contribution in [0.2, 0.25) is 0 Å². The molecule has 0 fully saturated rings. The summed E-state index contributed by atoms with van der Waals surface area (Å²) in [5.74, 6) is 1.16. The van der Waals surface area contributed by atoms with E-state index in [0.29, 0.717) is 28.1 Å². The molecule has 0 aliphatic rings. The van der Waals surface area contributed by atoms with Gasteiger partial charge >= 0.3 is 0 Å². The van der Waals surface area contributed by atoms with Gasteiger partial charge in [0.2, 0.25) is 0 Å². The number of rotatable bonds is 4. The van der Waals surface area contributed by atoms with E-state index in [1.807, 2.05) is 39.0 Å². The Kier molecular flexibility index (Phi) is 4.52. The van der Waals surface area contributed by atoms with Crippen LogP contribution in [0.25, 0.3) is 22.3 Å². The highest BCUT2D eigenvalue weighted by atomic mass is 16.3. The molecule has 4 rings (SSSR count). The van der Waals surface area contributed by atoms with E-state index in [1.54, 1.807) is 18.5 Å². The number of aromatic hydroxyl groups is 1. The summed E-state index contributed by atoms with van der Waals surface area (Å²) in [6, 6.07) is 7.19. The van der Waals surface area contributed by atoms with Crippen LogP contribution in [0.3, 0.4) is 0 Å². The van der Waals surface area contributed by atoms with Gasteiger partial charge in [-0.25, -0.2) is 19.9 Å². The van der Waals surface area contributed by atoms with Crippen molar-refractivity contribution in [1.29, 1.82) is 0 Å². The predicted octanol–water partition coefficient (Wildman–Crippen LogP) is 3.37. The Bertz CT molecular complexity index is 1130. The van der Waals surface area contributed by atoms with Crippen molar-refractivity contribution in [3.05, 3.63) is 59.9 Å². The second kappa shape index (κ2) is 7.15. The van der Waals surface area contributed by atoms with Gasteiger partial charge in [-0.2, -0.15) is 10.2 Å². The third kappa shape index (κ3) is 3.44. The number of hydrogen-bond donors (Lipinski definition) is 2. The van der Waals surface area contributed by atoms with Crippen molar-refractivity contribution in [3.63, 3.8) is 0 Å². The van der Waals surface area contributed by atoms with E-state index in [-0.39, 0.29) is 11.8 Å². The maximum absolute atomic E-state index is 10.5. The first-order valence-electron chi connectivity index (χ1n) is 8.85. The van der Waals surface area contributed by atoms with Gasteiger partial charge in [0, 0.05) is 23.3 Å². The molecule has 28 heavy (non-hydrogen) atoms. The van der Waals surface area contributed by atoms with Gasteiger partial charge in [-0.3, -0.25) is 0 Å². The molecule has 0 saturated heterocycles. The molecule has 1 atom stereocenters. The molecule has 1 aromatic carbocycles. The number of fused-ring (bicyclic) bond motifs is 1. The summed E-state index contributed by atoms with van der Waals surface area (Å²) in [7, 11) is 0.